The first-order chi connectivity index (χ1) is 16.4. The molecule has 1 saturated carbocycles. The Balaban J connectivity index is 1.77. The third-order valence-electron chi connectivity index (χ3n) is 9.00. The van der Waals surface area contributed by atoms with E-state index in [9.17, 15) is 24.3 Å². The third kappa shape index (κ3) is 3.01. The first-order valence-electron chi connectivity index (χ1n) is 11.8. The maximum absolute atomic E-state index is 13.9. The summed E-state index contributed by atoms with van der Waals surface area (Å²) >= 11 is 3.40. The van der Waals surface area contributed by atoms with Crippen LogP contribution in [-0.4, -0.2) is 47.5 Å². The van der Waals surface area contributed by atoms with Crippen molar-refractivity contribution < 1.29 is 29.0 Å². The standard InChI is InChI=1S/C27H28BrNO6/c1-11-12(2)24(32)27(3)17(22(11)30)10-16-14(6-7-15-20(16)26(34)29(4)25(15)33)21(27)13-8-18(28)23(31)19(9-13)35-5/h6,8-9,15-17,20-21,31H,7,10H2,1-5H3/t15-,16+,17-,20-,21-,27+/m0/s1. The number of phenolic OH excluding ortho intramolecular Hbond substituents is 1. The van der Waals surface area contributed by atoms with Gasteiger partial charge in [0.25, 0.3) is 0 Å². The second-order valence-electron chi connectivity index (χ2n) is 10.4. The lowest BCUT2D eigenvalue weighted by Crippen LogP contribution is -2.55. The van der Waals surface area contributed by atoms with Crippen molar-refractivity contribution in [1.82, 2.24) is 4.90 Å². The zero-order valence-corrected chi connectivity index (χ0v) is 21.9. The number of benzene rings is 1. The van der Waals surface area contributed by atoms with Crippen LogP contribution >= 0.6 is 15.9 Å². The molecule has 1 saturated heterocycles. The minimum atomic E-state index is -1.07. The van der Waals surface area contributed by atoms with E-state index in [-0.39, 0.29) is 40.8 Å². The highest BCUT2D eigenvalue weighted by molar-refractivity contribution is 9.10. The number of carbonyl (C=O) groups excluding carboxylic acids is 4. The van der Waals surface area contributed by atoms with Crippen molar-refractivity contribution in [3.8, 4) is 11.5 Å². The summed E-state index contributed by atoms with van der Waals surface area (Å²) in [5.41, 5.74) is 1.48. The molecule has 0 bridgehead atoms. The molecule has 1 aromatic rings. The van der Waals surface area contributed by atoms with Gasteiger partial charge < -0.3 is 9.84 Å². The van der Waals surface area contributed by atoms with Gasteiger partial charge >= 0.3 is 0 Å². The van der Waals surface area contributed by atoms with Crippen molar-refractivity contribution in [1.29, 1.82) is 0 Å². The summed E-state index contributed by atoms with van der Waals surface area (Å²) in [6.07, 6.45) is 2.77. The number of likely N-dealkylation sites (tertiary alicyclic amines) is 1. The molecule has 184 valence electrons. The number of ketones is 2. The number of methoxy groups -OCH3 is 1. The van der Waals surface area contributed by atoms with Crippen LogP contribution in [0.1, 0.15) is 45.1 Å². The van der Waals surface area contributed by atoms with E-state index in [1.54, 1.807) is 26.0 Å². The Bertz CT molecular complexity index is 1280. The van der Waals surface area contributed by atoms with Crippen molar-refractivity contribution in [2.24, 2.45) is 29.1 Å². The zero-order valence-electron chi connectivity index (χ0n) is 20.3. The smallest absolute Gasteiger partial charge is 0.233 e. The maximum Gasteiger partial charge on any atom is 0.233 e. The normalized spacial score (nSPS) is 34.5. The van der Waals surface area contributed by atoms with Crippen molar-refractivity contribution in [2.45, 2.75) is 39.5 Å². The molecule has 8 heteroatoms. The molecule has 3 aliphatic carbocycles. The van der Waals surface area contributed by atoms with Crippen LogP contribution in [-0.2, 0) is 19.2 Å². The minimum Gasteiger partial charge on any atom is -0.503 e. The monoisotopic (exact) mass is 541 g/mol. The Morgan fingerprint density at radius 2 is 1.77 bits per heavy atom. The highest BCUT2D eigenvalue weighted by Crippen LogP contribution is 2.63. The van der Waals surface area contributed by atoms with E-state index in [1.807, 2.05) is 13.0 Å². The van der Waals surface area contributed by atoms with Crippen LogP contribution in [0.15, 0.2) is 39.4 Å². The van der Waals surface area contributed by atoms with E-state index in [4.69, 9.17) is 4.74 Å². The van der Waals surface area contributed by atoms with Gasteiger partial charge in [-0.3, -0.25) is 24.1 Å². The first-order valence-corrected chi connectivity index (χ1v) is 12.6. The van der Waals surface area contributed by atoms with Gasteiger partial charge in [0.1, 0.15) is 0 Å². The number of imide groups is 1. The molecule has 1 heterocycles. The number of amides is 2. The molecule has 0 spiro atoms. The largest absolute Gasteiger partial charge is 0.503 e. The number of carbonyl (C=O) groups is 4. The number of hydrogen-bond donors (Lipinski definition) is 1. The van der Waals surface area contributed by atoms with Gasteiger partial charge in [-0.2, -0.15) is 0 Å². The topological polar surface area (TPSA) is 101 Å². The van der Waals surface area contributed by atoms with Gasteiger partial charge in [-0.05, 0) is 77.4 Å². The number of aromatic hydroxyl groups is 1. The third-order valence-corrected chi connectivity index (χ3v) is 9.60. The van der Waals surface area contributed by atoms with Crippen molar-refractivity contribution in [2.75, 3.05) is 14.2 Å². The second-order valence-corrected chi connectivity index (χ2v) is 11.3. The summed E-state index contributed by atoms with van der Waals surface area (Å²) in [5.74, 6) is -2.85. The predicted molar refractivity (Wildman–Crippen MR) is 131 cm³/mol. The number of allylic oxidation sites excluding steroid dienone is 4. The van der Waals surface area contributed by atoms with Crippen LogP contribution in [0.25, 0.3) is 0 Å². The van der Waals surface area contributed by atoms with Gasteiger partial charge in [-0.25, -0.2) is 0 Å². The molecule has 1 N–H and O–H groups in total. The van der Waals surface area contributed by atoms with Crippen LogP contribution in [0.3, 0.4) is 0 Å². The molecule has 5 rings (SSSR count). The number of ether oxygens (including phenoxy) is 1. The van der Waals surface area contributed by atoms with Crippen LogP contribution in [0.4, 0.5) is 0 Å². The SMILES string of the molecule is COc1cc([C@H]2C3=CC[C@@H]4C(=O)N(C)C(=O)[C@@H]4[C@@H]3C[C@H]3C(=O)C(C)=C(C)C(=O)[C@@]23C)cc(Br)c1O. The first kappa shape index (κ1) is 24.0. The summed E-state index contributed by atoms with van der Waals surface area (Å²) in [6, 6.07) is 3.46. The lowest BCUT2D eigenvalue weighted by molar-refractivity contribution is -0.142. The van der Waals surface area contributed by atoms with Gasteiger partial charge in [0.15, 0.2) is 23.1 Å². The van der Waals surface area contributed by atoms with E-state index in [2.05, 4.69) is 15.9 Å². The Morgan fingerprint density at radius 1 is 1.09 bits per heavy atom. The predicted octanol–water partition coefficient (Wildman–Crippen LogP) is 3.94. The molecule has 35 heavy (non-hydrogen) atoms. The van der Waals surface area contributed by atoms with Gasteiger partial charge in [-0.15, -0.1) is 0 Å². The molecular weight excluding hydrogens is 514 g/mol. The fourth-order valence-electron chi connectivity index (χ4n) is 7.03. The molecule has 2 amide bonds. The fourth-order valence-corrected chi connectivity index (χ4v) is 7.49. The van der Waals surface area contributed by atoms with Crippen LogP contribution in [0.2, 0.25) is 0 Å². The average Bonchev–Trinajstić information content (AvgIpc) is 3.06. The highest BCUT2D eigenvalue weighted by Gasteiger charge is 2.63. The van der Waals surface area contributed by atoms with Gasteiger partial charge in [0.2, 0.25) is 11.8 Å². The van der Waals surface area contributed by atoms with E-state index >= 15 is 0 Å². The van der Waals surface area contributed by atoms with Gasteiger partial charge in [0.05, 0.1) is 28.8 Å². The molecule has 0 radical (unpaired) electrons. The molecule has 1 aliphatic heterocycles. The molecule has 6 atom stereocenters. The van der Waals surface area contributed by atoms with E-state index in [1.165, 1.54) is 19.1 Å². The van der Waals surface area contributed by atoms with E-state index in [0.29, 0.717) is 34.0 Å². The number of fused-ring (bicyclic) bond motifs is 4. The van der Waals surface area contributed by atoms with Crippen molar-refractivity contribution in [3.05, 3.63) is 45.0 Å². The molecule has 2 fully saturated rings. The quantitative estimate of drug-likeness (QED) is 0.449. The number of phenols is 1. The van der Waals surface area contributed by atoms with E-state index in [0.717, 1.165) is 5.57 Å². The molecule has 0 unspecified atom stereocenters. The molecule has 0 aromatic heterocycles. The maximum atomic E-state index is 13.9. The molecule has 4 aliphatic rings. The highest BCUT2D eigenvalue weighted by atomic mass is 79.9. The lowest BCUT2D eigenvalue weighted by atomic mass is 9.46. The minimum absolute atomic E-state index is 0.0563. The molecule has 1 aromatic carbocycles. The zero-order chi connectivity index (χ0) is 25.6. The van der Waals surface area contributed by atoms with Crippen molar-refractivity contribution >= 4 is 39.3 Å². The summed E-state index contributed by atoms with van der Waals surface area (Å²) < 4.78 is 5.81. The number of halogens is 1. The Hall–Kier alpha value is -2.74. The van der Waals surface area contributed by atoms with Crippen molar-refractivity contribution in [3.63, 3.8) is 0 Å². The number of nitrogens with zero attached hydrogens (tertiary/aromatic N) is 1. The summed E-state index contributed by atoms with van der Waals surface area (Å²) in [5, 5.41) is 10.4. The van der Waals surface area contributed by atoms with Crippen LogP contribution < -0.4 is 4.74 Å². The number of hydrogen-bond acceptors (Lipinski definition) is 6. The summed E-state index contributed by atoms with van der Waals surface area (Å²) in [6.45, 7) is 5.24. The molecule has 7 nitrogen and oxygen atoms in total. The number of Topliss-reactive ketones (excluding diaryl/α,β-unsaturated/α-hetero) is 2. The molecular formula is C27H28BrNO6. The lowest BCUT2D eigenvalue weighted by Gasteiger charge is -2.54. The van der Waals surface area contributed by atoms with Gasteiger partial charge in [0, 0.05) is 18.9 Å². The summed E-state index contributed by atoms with van der Waals surface area (Å²) in [4.78, 5) is 54.8. The van der Waals surface area contributed by atoms with Crippen LogP contribution in [0, 0.1) is 29.1 Å². The second kappa shape index (κ2) is 7.88. The van der Waals surface area contributed by atoms with Crippen LogP contribution in [0.5, 0.6) is 11.5 Å². The Kier molecular flexibility index (Phi) is 5.40. The average molecular weight is 542 g/mol. The van der Waals surface area contributed by atoms with Gasteiger partial charge in [-0.1, -0.05) is 18.6 Å². The van der Waals surface area contributed by atoms with E-state index < -0.39 is 29.1 Å². The Morgan fingerprint density at radius 3 is 2.43 bits per heavy atom. The summed E-state index contributed by atoms with van der Waals surface area (Å²) in [7, 11) is 2.97. The Labute approximate surface area is 212 Å². The number of rotatable bonds is 2. The fraction of sp³-hybridized carbons (Fsp3) is 0.481.